The van der Waals surface area contributed by atoms with Crippen LogP contribution >= 0.6 is 11.8 Å². The lowest BCUT2D eigenvalue weighted by atomic mass is 10.2. The fourth-order valence-corrected chi connectivity index (χ4v) is 2.30. The van der Waals surface area contributed by atoms with Crippen LogP contribution in [-0.2, 0) is 4.79 Å². The Morgan fingerprint density at radius 2 is 2.00 bits per heavy atom. The van der Waals surface area contributed by atoms with Crippen LogP contribution in [0.3, 0.4) is 0 Å². The lowest BCUT2D eigenvalue weighted by molar-refractivity contribution is -0.137. The minimum atomic E-state index is -0.756. The van der Waals surface area contributed by atoms with Crippen molar-refractivity contribution in [2.75, 3.05) is 0 Å². The molecule has 88 valence electrons. The predicted octanol–water partition coefficient (Wildman–Crippen LogP) is 2.44. The summed E-state index contributed by atoms with van der Waals surface area (Å²) in [6.45, 7) is 5.86. The summed E-state index contributed by atoms with van der Waals surface area (Å²) >= 11 is 1.53. The molecule has 0 aliphatic carbocycles. The third kappa shape index (κ3) is 4.61. The van der Waals surface area contributed by atoms with E-state index < -0.39 is 5.97 Å². The molecule has 1 unspecified atom stereocenters. The number of aliphatic carboxylic acids is 1. The van der Waals surface area contributed by atoms with Gasteiger partial charge in [-0.1, -0.05) is 18.7 Å². The molecule has 1 rings (SSSR count). The van der Waals surface area contributed by atoms with Crippen LogP contribution in [0.1, 0.15) is 31.2 Å². The summed E-state index contributed by atoms with van der Waals surface area (Å²) in [5.74, 6) is -0.756. The third-order valence-corrected chi connectivity index (χ3v) is 3.06. The minimum Gasteiger partial charge on any atom is -0.481 e. The van der Waals surface area contributed by atoms with Crippen molar-refractivity contribution in [1.82, 2.24) is 9.97 Å². The van der Waals surface area contributed by atoms with E-state index >= 15 is 0 Å². The van der Waals surface area contributed by atoms with Crippen molar-refractivity contribution in [3.63, 3.8) is 0 Å². The monoisotopic (exact) mass is 240 g/mol. The highest BCUT2D eigenvalue weighted by Crippen LogP contribution is 2.23. The van der Waals surface area contributed by atoms with Gasteiger partial charge in [-0.2, -0.15) is 0 Å². The summed E-state index contributed by atoms with van der Waals surface area (Å²) in [7, 11) is 0. The Hall–Kier alpha value is -1.10. The van der Waals surface area contributed by atoms with Gasteiger partial charge in [-0.25, -0.2) is 9.97 Å². The first-order chi connectivity index (χ1) is 7.47. The first-order valence-corrected chi connectivity index (χ1v) is 6.06. The Morgan fingerprint density at radius 3 is 2.50 bits per heavy atom. The van der Waals surface area contributed by atoms with Gasteiger partial charge in [-0.05, 0) is 26.3 Å². The summed E-state index contributed by atoms with van der Waals surface area (Å²) in [5, 5.41) is 9.53. The molecular formula is C11H16N2O2S. The average molecular weight is 240 g/mol. The molecule has 0 saturated carbocycles. The van der Waals surface area contributed by atoms with Crippen molar-refractivity contribution < 1.29 is 9.90 Å². The number of hydrogen-bond donors (Lipinski definition) is 1. The first-order valence-electron chi connectivity index (χ1n) is 5.18. The van der Waals surface area contributed by atoms with Crippen LogP contribution in [0.15, 0.2) is 11.2 Å². The number of aryl methyl sites for hydroxylation is 2. The number of hydrogen-bond acceptors (Lipinski definition) is 4. The van der Waals surface area contributed by atoms with E-state index in [1.165, 1.54) is 11.8 Å². The molecule has 16 heavy (non-hydrogen) atoms. The number of carboxylic acid groups (broad SMARTS) is 1. The lowest BCUT2D eigenvalue weighted by Crippen LogP contribution is -2.04. The highest BCUT2D eigenvalue weighted by molar-refractivity contribution is 7.99. The van der Waals surface area contributed by atoms with Crippen molar-refractivity contribution in [1.29, 1.82) is 0 Å². The second kappa shape index (κ2) is 5.84. The molecule has 0 amide bonds. The van der Waals surface area contributed by atoms with Gasteiger partial charge in [-0.3, -0.25) is 4.79 Å². The molecule has 1 aromatic heterocycles. The molecule has 1 atom stereocenters. The Bertz CT molecular complexity index is 362. The number of thioether (sulfide) groups is 1. The van der Waals surface area contributed by atoms with Crippen molar-refractivity contribution in [3.05, 3.63) is 17.5 Å². The van der Waals surface area contributed by atoms with Crippen LogP contribution in [0.5, 0.6) is 0 Å². The zero-order valence-corrected chi connectivity index (χ0v) is 10.5. The third-order valence-electron chi connectivity index (χ3n) is 2.03. The molecular weight excluding hydrogens is 224 g/mol. The molecule has 0 radical (unpaired) electrons. The molecule has 0 saturated heterocycles. The predicted molar refractivity (Wildman–Crippen MR) is 63.7 cm³/mol. The number of carbonyl (C=O) groups is 1. The van der Waals surface area contributed by atoms with E-state index in [2.05, 4.69) is 9.97 Å². The molecule has 0 aliphatic rings. The maximum Gasteiger partial charge on any atom is 0.303 e. The fraction of sp³-hybridized carbons (Fsp3) is 0.545. The Morgan fingerprint density at radius 1 is 1.44 bits per heavy atom. The molecule has 0 bridgehead atoms. The molecule has 0 spiro atoms. The van der Waals surface area contributed by atoms with Gasteiger partial charge in [0.1, 0.15) is 0 Å². The van der Waals surface area contributed by atoms with Gasteiger partial charge in [0, 0.05) is 23.1 Å². The lowest BCUT2D eigenvalue weighted by Gasteiger charge is -2.09. The van der Waals surface area contributed by atoms with E-state index in [0.717, 1.165) is 16.5 Å². The van der Waals surface area contributed by atoms with Crippen LogP contribution in [0.2, 0.25) is 0 Å². The van der Waals surface area contributed by atoms with Gasteiger partial charge >= 0.3 is 5.97 Å². The molecule has 0 aromatic carbocycles. The smallest absolute Gasteiger partial charge is 0.303 e. The van der Waals surface area contributed by atoms with Crippen LogP contribution in [0.25, 0.3) is 0 Å². The first kappa shape index (κ1) is 13.0. The second-order valence-corrected chi connectivity index (χ2v) is 5.20. The van der Waals surface area contributed by atoms with Gasteiger partial charge in [0.25, 0.3) is 0 Å². The molecule has 0 fully saturated rings. The van der Waals surface area contributed by atoms with Crippen LogP contribution in [-0.4, -0.2) is 26.3 Å². The molecule has 1 aromatic rings. The highest BCUT2D eigenvalue weighted by Gasteiger charge is 2.09. The van der Waals surface area contributed by atoms with E-state index in [1.807, 2.05) is 26.8 Å². The summed E-state index contributed by atoms with van der Waals surface area (Å²) in [6.07, 6.45) is 0.829. The van der Waals surface area contributed by atoms with Crippen LogP contribution in [0, 0.1) is 13.8 Å². The molecule has 1 N–H and O–H groups in total. The summed E-state index contributed by atoms with van der Waals surface area (Å²) in [6, 6.07) is 1.92. The van der Waals surface area contributed by atoms with E-state index in [9.17, 15) is 4.79 Å². The van der Waals surface area contributed by atoms with Crippen molar-refractivity contribution in [2.45, 2.75) is 44.0 Å². The Balaban J connectivity index is 2.55. The minimum absolute atomic E-state index is 0.193. The highest BCUT2D eigenvalue weighted by atomic mass is 32.2. The van der Waals surface area contributed by atoms with Gasteiger partial charge < -0.3 is 5.11 Å². The van der Waals surface area contributed by atoms with Crippen molar-refractivity contribution in [3.8, 4) is 0 Å². The van der Waals surface area contributed by atoms with Crippen molar-refractivity contribution >= 4 is 17.7 Å². The van der Waals surface area contributed by atoms with Crippen LogP contribution in [0.4, 0.5) is 0 Å². The standard InChI is InChI=1S/C11H16N2O2S/c1-7-6-8(2)13-11(12-7)16-9(3)4-5-10(14)15/h6,9H,4-5H2,1-3H3,(H,14,15). The molecule has 4 nitrogen and oxygen atoms in total. The zero-order chi connectivity index (χ0) is 12.1. The second-order valence-electron chi connectivity index (χ2n) is 3.79. The Kier molecular flexibility index (Phi) is 4.73. The van der Waals surface area contributed by atoms with Crippen molar-refractivity contribution in [2.24, 2.45) is 0 Å². The SMILES string of the molecule is Cc1cc(C)nc(SC(C)CCC(=O)O)n1. The van der Waals surface area contributed by atoms with E-state index in [4.69, 9.17) is 5.11 Å². The number of rotatable bonds is 5. The average Bonchev–Trinajstić information content (AvgIpc) is 2.12. The zero-order valence-electron chi connectivity index (χ0n) is 9.73. The normalized spacial score (nSPS) is 12.4. The van der Waals surface area contributed by atoms with Gasteiger partial charge in [0.2, 0.25) is 0 Å². The number of nitrogens with zero attached hydrogens (tertiary/aromatic N) is 2. The maximum atomic E-state index is 10.4. The molecule has 1 heterocycles. The maximum absolute atomic E-state index is 10.4. The van der Waals surface area contributed by atoms with E-state index in [-0.39, 0.29) is 11.7 Å². The summed E-state index contributed by atoms with van der Waals surface area (Å²) < 4.78 is 0. The van der Waals surface area contributed by atoms with Crippen LogP contribution < -0.4 is 0 Å². The van der Waals surface area contributed by atoms with Gasteiger partial charge in [0.05, 0.1) is 0 Å². The fourth-order valence-electron chi connectivity index (χ4n) is 1.31. The summed E-state index contributed by atoms with van der Waals surface area (Å²) in [4.78, 5) is 19.0. The van der Waals surface area contributed by atoms with Gasteiger partial charge in [0.15, 0.2) is 5.16 Å². The molecule has 5 heteroatoms. The number of aromatic nitrogens is 2. The molecule has 0 aliphatic heterocycles. The summed E-state index contributed by atoms with van der Waals surface area (Å²) in [5.41, 5.74) is 1.89. The quantitative estimate of drug-likeness (QED) is 0.632. The number of carboxylic acids is 1. The largest absolute Gasteiger partial charge is 0.481 e. The van der Waals surface area contributed by atoms with Gasteiger partial charge in [-0.15, -0.1) is 0 Å². The topological polar surface area (TPSA) is 63.1 Å². The Labute approximate surface area is 99.5 Å². The van der Waals surface area contributed by atoms with E-state index in [0.29, 0.717) is 6.42 Å². The van der Waals surface area contributed by atoms with E-state index in [1.54, 1.807) is 0 Å².